The molecule has 0 radical (unpaired) electrons. The molecular weight excluding hydrogens is 412 g/mol. The van der Waals surface area contributed by atoms with Crippen molar-refractivity contribution < 1.29 is 14.1 Å². The molecule has 0 bridgehead atoms. The lowest BCUT2D eigenvalue weighted by Crippen LogP contribution is -2.48. The molecule has 3 heterocycles. The first kappa shape index (κ1) is 19.9. The summed E-state index contributed by atoms with van der Waals surface area (Å²) in [5, 5.41) is 15.5. The number of piperazine rings is 1. The second-order valence-corrected chi connectivity index (χ2v) is 8.37. The Morgan fingerprint density at radius 2 is 2.11 bits per heavy atom. The highest BCUT2D eigenvalue weighted by molar-refractivity contribution is 8.01. The molecule has 0 aromatic carbocycles. The van der Waals surface area contributed by atoms with Gasteiger partial charge in [0.2, 0.25) is 16.9 Å². The van der Waals surface area contributed by atoms with Crippen LogP contribution < -0.4 is 10.2 Å². The average molecular weight is 431 g/mol. The Balaban J connectivity index is 1.45. The summed E-state index contributed by atoms with van der Waals surface area (Å²) in [6, 6.07) is 1.66. The van der Waals surface area contributed by atoms with Crippen molar-refractivity contribution in [2.75, 3.05) is 48.0 Å². The summed E-state index contributed by atoms with van der Waals surface area (Å²) in [7, 11) is 0. The van der Waals surface area contributed by atoms with E-state index >= 15 is 0 Å². The van der Waals surface area contributed by atoms with Gasteiger partial charge < -0.3 is 19.6 Å². The van der Waals surface area contributed by atoms with Crippen LogP contribution >= 0.6 is 34.7 Å². The zero-order valence-corrected chi connectivity index (χ0v) is 17.1. The molecule has 0 unspecified atom stereocenters. The van der Waals surface area contributed by atoms with Crippen molar-refractivity contribution in [2.45, 2.75) is 17.7 Å². The Morgan fingerprint density at radius 3 is 2.78 bits per heavy atom. The number of hydrogen-bond donors (Lipinski definition) is 1. The van der Waals surface area contributed by atoms with Gasteiger partial charge in [-0.25, -0.2) is 0 Å². The van der Waals surface area contributed by atoms with Gasteiger partial charge in [0, 0.05) is 44.5 Å². The second kappa shape index (κ2) is 9.38. The molecule has 12 heteroatoms. The van der Waals surface area contributed by atoms with Crippen LogP contribution in [0, 0.1) is 6.92 Å². The van der Waals surface area contributed by atoms with E-state index < -0.39 is 0 Å². The van der Waals surface area contributed by atoms with Crippen LogP contribution in [0.25, 0.3) is 0 Å². The number of aryl methyl sites for hydroxylation is 1. The van der Waals surface area contributed by atoms with Crippen molar-refractivity contribution in [2.24, 2.45) is 0 Å². The fourth-order valence-corrected chi connectivity index (χ4v) is 4.36. The Bertz CT molecular complexity index is 790. The lowest BCUT2D eigenvalue weighted by molar-refractivity contribution is -0.131. The smallest absolute Gasteiger partial charge is 0.236 e. The van der Waals surface area contributed by atoms with Gasteiger partial charge in [0.1, 0.15) is 5.76 Å². The number of hydrogen-bond acceptors (Lipinski definition) is 9. The van der Waals surface area contributed by atoms with E-state index in [4.69, 9.17) is 16.1 Å². The van der Waals surface area contributed by atoms with Gasteiger partial charge in [0.25, 0.3) is 0 Å². The zero-order valence-electron chi connectivity index (χ0n) is 14.7. The number of halogens is 1. The Kier molecular flexibility index (Phi) is 6.91. The summed E-state index contributed by atoms with van der Waals surface area (Å²) in [6.07, 6.45) is 0.372. The molecule has 1 fully saturated rings. The summed E-state index contributed by atoms with van der Waals surface area (Å²) in [5.41, 5.74) is 0. The first-order chi connectivity index (χ1) is 13.0. The van der Waals surface area contributed by atoms with Gasteiger partial charge in [-0.05, 0) is 6.92 Å². The van der Waals surface area contributed by atoms with E-state index in [0.29, 0.717) is 50.1 Å². The molecule has 2 aromatic heterocycles. The molecule has 0 spiro atoms. The molecular formula is C15H19ClN6O3S2. The van der Waals surface area contributed by atoms with Crippen molar-refractivity contribution in [3.63, 3.8) is 0 Å². The van der Waals surface area contributed by atoms with Gasteiger partial charge in [-0.2, -0.15) is 0 Å². The number of thioether (sulfide) groups is 1. The van der Waals surface area contributed by atoms with Gasteiger partial charge in [0.15, 0.2) is 10.2 Å². The second-order valence-electron chi connectivity index (χ2n) is 5.82. The number of carbonyl (C=O) groups is 2. The summed E-state index contributed by atoms with van der Waals surface area (Å²) in [6.45, 7) is 4.47. The summed E-state index contributed by atoms with van der Waals surface area (Å²) < 4.78 is 5.63. The average Bonchev–Trinajstić information content (AvgIpc) is 3.29. The Labute approximate surface area is 169 Å². The minimum absolute atomic E-state index is 0.0893. The van der Waals surface area contributed by atoms with Crippen molar-refractivity contribution in [1.29, 1.82) is 0 Å². The molecule has 0 aliphatic carbocycles. The predicted octanol–water partition coefficient (Wildman–Crippen LogP) is 1.84. The van der Waals surface area contributed by atoms with Crippen molar-refractivity contribution in [1.82, 2.24) is 20.3 Å². The van der Waals surface area contributed by atoms with E-state index in [2.05, 4.69) is 25.6 Å². The third-order valence-electron chi connectivity index (χ3n) is 3.83. The van der Waals surface area contributed by atoms with Crippen molar-refractivity contribution in [3.05, 3.63) is 11.8 Å². The third-order valence-corrected chi connectivity index (χ3v) is 6.14. The molecule has 0 saturated carbocycles. The number of amides is 2. The molecule has 1 saturated heterocycles. The number of anilines is 2. The fraction of sp³-hybridized carbons (Fsp3) is 0.533. The molecule has 9 nitrogen and oxygen atoms in total. The summed E-state index contributed by atoms with van der Waals surface area (Å²) in [4.78, 5) is 27.7. The topological polar surface area (TPSA) is 104 Å². The van der Waals surface area contributed by atoms with Crippen LogP contribution in [0.4, 0.5) is 10.9 Å². The molecule has 1 aliphatic heterocycles. The molecule has 2 aromatic rings. The maximum absolute atomic E-state index is 11.9. The normalized spacial score (nSPS) is 14.4. The van der Waals surface area contributed by atoms with E-state index in [1.807, 2.05) is 4.90 Å². The predicted molar refractivity (Wildman–Crippen MR) is 105 cm³/mol. The number of aromatic nitrogens is 3. The first-order valence-electron chi connectivity index (χ1n) is 8.33. The van der Waals surface area contributed by atoms with Crippen LogP contribution in [0.15, 0.2) is 14.9 Å². The van der Waals surface area contributed by atoms with E-state index in [9.17, 15) is 9.59 Å². The summed E-state index contributed by atoms with van der Waals surface area (Å²) >= 11 is 8.39. The summed E-state index contributed by atoms with van der Waals surface area (Å²) in [5.74, 6) is 1.50. The third kappa shape index (κ3) is 5.56. The largest absolute Gasteiger partial charge is 0.360 e. The van der Waals surface area contributed by atoms with Crippen LogP contribution in [0.1, 0.15) is 12.2 Å². The van der Waals surface area contributed by atoms with E-state index in [0.717, 1.165) is 9.47 Å². The first-order valence-corrected chi connectivity index (χ1v) is 10.7. The number of alkyl halides is 1. The van der Waals surface area contributed by atoms with Gasteiger partial charge >= 0.3 is 0 Å². The van der Waals surface area contributed by atoms with Gasteiger partial charge in [-0.1, -0.05) is 28.3 Å². The van der Waals surface area contributed by atoms with Crippen molar-refractivity contribution in [3.8, 4) is 0 Å². The van der Waals surface area contributed by atoms with E-state index in [1.54, 1.807) is 13.0 Å². The van der Waals surface area contributed by atoms with Crippen LogP contribution in [-0.4, -0.2) is 69.9 Å². The number of nitrogens with one attached hydrogen (secondary N) is 1. The minimum atomic E-state index is -0.184. The highest BCUT2D eigenvalue weighted by atomic mass is 35.5. The monoisotopic (exact) mass is 430 g/mol. The molecule has 0 atom stereocenters. The van der Waals surface area contributed by atoms with Gasteiger partial charge in [0.05, 0.1) is 5.75 Å². The molecule has 27 heavy (non-hydrogen) atoms. The van der Waals surface area contributed by atoms with Crippen molar-refractivity contribution >= 4 is 57.5 Å². The molecule has 1 N–H and O–H groups in total. The highest BCUT2D eigenvalue weighted by Gasteiger charge is 2.23. The molecule has 1 aliphatic rings. The number of rotatable bonds is 7. The number of nitrogens with zero attached hydrogens (tertiary/aromatic N) is 5. The molecule has 146 valence electrons. The molecule has 2 amide bonds. The SMILES string of the molecule is Cc1cc(NC(=O)CSc2nnc(N3CCN(C(=O)CCCl)CC3)s2)no1. The lowest BCUT2D eigenvalue weighted by Gasteiger charge is -2.34. The number of carbonyl (C=O) groups excluding carboxylic acids is 2. The maximum Gasteiger partial charge on any atom is 0.236 e. The zero-order chi connectivity index (χ0) is 19.2. The van der Waals surface area contributed by atoms with Gasteiger partial charge in [-0.3, -0.25) is 9.59 Å². The van der Waals surface area contributed by atoms with Crippen LogP contribution in [0.2, 0.25) is 0 Å². The minimum Gasteiger partial charge on any atom is -0.360 e. The molecule has 3 rings (SSSR count). The fourth-order valence-electron chi connectivity index (χ4n) is 2.51. The van der Waals surface area contributed by atoms with E-state index in [-0.39, 0.29) is 17.6 Å². The van der Waals surface area contributed by atoms with Gasteiger partial charge in [-0.15, -0.1) is 21.8 Å². The lowest BCUT2D eigenvalue weighted by atomic mass is 10.3. The standard InChI is InChI=1S/C15H19ClN6O3S2/c1-10-8-11(20-25-10)17-12(23)9-26-15-19-18-14(27-15)22-6-4-21(5-7-22)13(24)2-3-16/h8H,2-7,9H2,1H3,(H,17,20,23). The maximum atomic E-state index is 11.9. The quantitative estimate of drug-likeness (QED) is 0.524. The van der Waals surface area contributed by atoms with Crippen LogP contribution in [0.3, 0.4) is 0 Å². The van der Waals surface area contributed by atoms with Crippen LogP contribution in [-0.2, 0) is 9.59 Å². The van der Waals surface area contributed by atoms with Crippen LogP contribution in [0.5, 0.6) is 0 Å². The Morgan fingerprint density at radius 1 is 1.33 bits per heavy atom. The highest BCUT2D eigenvalue weighted by Crippen LogP contribution is 2.28. The Hall–Kier alpha value is -1.85. The van der Waals surface area contributed by atoms with E-state index in [1.165, 1.54) is 23.1 Å².